The van der Waals surface area contributed by atoms with Crippen LogP contribution in [0.1, 0.15) is 11.1 Å². The van der Waals surface area contributed by atoms with Gasteiger partial charge in [0.05, 0.1) is 5.70 Å². The van der Waals surface area contributed by atoms with E-state index in [1.54, 1.807) is 42.5 Å². The van der Waals surface area contributed by atoms with Gasteiger partial charge in [-0.2, -0.15) is 8.42 Å². The topological polar surface area (TPSA) is 81.1 Å². The number of hydrogen-bond donors (Lipinski definition) is 2. The highest BCUT2D eigenvalue weighted by Crippen LogP contribution is 2.36. The minimum Gasteiger partial charge on any atom is -0.508 e. The van der Waals surface area contributed by atoms with Crippen LogP contribution in [0.2, 0.25) is 0 Å². The summed E-state index contributed by atoms with van der Waals surface area (Å²) in [5.74, 6) is 0.152. The molecule has 0 radical (unpaired) electrons. The first-order valence-corrected chi connectivity index (χ1v) is 10.9. The number of aromatic hydroxyl groups is 1. The number of hydrogen-bond acceptors (Lipinski definition) is 5. The fourth-order valence-corrected chi connectivity index (χ4v) is 4.57. The van der Waals surface area contributed by atoms with E-state index in [9.17, 15) is 18.1 Å². The van der Waals surface area contributed by atoms with Crippen molar-refractivity contribution in [1.82, 2.24) is 9.80 Å². The Kier molecular flexibility index (Phi) is 6.17. The van der Waals surface area contributed by atoms with Gasteiger partial charge in [-0.15, -0.1) is 0 Å². The Morgan fingerprint density at radius 3 is 2.10 bits per heavy atom. The molecule has 0 spiro atoms. The molecule has 0 heterocycles. The molecule has 3 aromatic carbocycles. The molecule has 158 valence electrons. The molecule has 6 nitrogen and oxygen atoms in total. The first kappa shape index (κ1) is 21.8. The number of nitrogens with zero attached hydrogens (tertiary/aromatic N) is 2. The van der Waals surface area contributed by atoms with Crippen LogP contribution >= 0.6 is 0 Å². The monoisotopic (exact) mass is 426 g/mol. The Morgan fingerprint density at radius 1 is 0.900 bits per heavy atom. The van der Waals surface area contributed by atoms with Gasteiger partial charge in [-0.05, 0) is 42.8 Å². The number of phenolic OH excluding ortho intramolecular Hbond substituents is 1. The van der Waals surface area contributed by atoms with Gasteiger partial charge in [-0.25, -0.2) is 0 Å². The smallest absolute Gasteiger partial charge is 0.295 e. The standard InChI is InChI=1S/C23H26N2O4S/c1-24(2)15-21(17-9-12-18(26)13-10-17)22(25(3)4)20-14-11-16-7-5-6-8-19(16)23(20)30(27,28)29/h5-14,26H,15H2,1-4H3,(H,27,28,29). The van der Waals surface area contributed by atoms with E-state index >= 15 is 0 Å². The molecule has 0 saturated carbocycles. The molecule has 0 aromatic heterocycles. The second-order valence-corrected chi connectivity index (χ2v) is 9.00. The highest BCUT2D eigenvalue weighted by Gasteiger charge is 2.25. The molecular weight excluding hydrogens is 400 g/mol. The lowest BCUT2D eigenvalue weighted by Gasteiger charge is -2.26. The highest BCUT2D eigenvalue weighted by atomic mass is 32.2. The maximum absolute atomic E-state index is 12.5. The van der Waals surface area contributed by atoms with Gasteiger partial charge in [0.2, 0.25) is 0 Å². The van der Waals surface area contributed by atoms with Crippen LogP contribution in [-0.2, 0) is 10.1 Å². The summed E-state index contributed by atoms with van der Waals surface area (Å²) in [5.41, 5.74) is 2.81. The Labute approximate surface area is 177 Å². The van der Waals surface area contributed by atoms with Gasteiger partial charge in [0.1, 0.15) is 10.6 Å². The van der Waals surface area contributed by atoms with E-state index < -0.39 is 10.1 Å². The van der Waals surface area contributed by atoms with Gasteiger partial charge < -0.3 is 14.9 Å². The molecule has 0 aliphatic rings. The molecule has 0 fully saturated rings. The predicted molar refractivity (Wildman–Crippen MR) is 121 cm³/mol. The Bertz CT molecular complexity index is 1200. The summed E-state index contributed by atoms with van der Waals surface area (Å²) in [5, 5.41) is 10.9. The van der Waals surface area contributed by atoms with Crippen molar-refractivity contribution in [3.05, 3.63) is 71.8 Å². The summed E-state index contributed by atoms with van der Waals surface area (Å²) in [6, 6.07) is 17.5. The summed E-state index contributed by atoms with van der Waals surface area (Å²) >= 11 is 0. The molecule has 0 saturated heterocycles. The fourth-order valence-electron chi connectivity index (χ4n) is 3.66. The minimum absolute atomic E-state index is 0.112. The van der Waals surface area contributed by atoms with Crippen molar-refractivity contribution in [1.29, 1.82) is 0 Å². The SMILES string of the molecule is CN(C)CC(=C(c1ccc2ccccc2c1S(=O)(=O)O)N(C)C)c1ccc(O)cc1. The van der Waals surface area contributed by atoms with Crippen molar-refractivity contribution in [2.75, 3.05) is 34.7 Å². The zero-order valence-corrected chi connectivity index (χ0v) is 18.3. The fraction of sp³-hybridized carbons (Fsp3) is 0.217. The summed E-state index contributed by atoms with van der Waals surface area (Å²) < 4.78 is 35.1. The minimum atomic E-state index is -4.50. The van der Waals surface area contributed by atoms with Crippen LogP contribution in [0, 0.1) is 0 Å². The quantitative estimate of drug-likeness (QED) is 0.461. The van der Waals surface area contributed by atoms with Crippen molar-refractivity contribution in [3.8, 4) is 5.75 Å². The molecule has 0 amide bonds. The van der Waals surface area contributed by atoms with Crippen LogP contribution in [0.3, 0.4) is 0 Å². The molecule has 0 aliphatic carbocycles. The van der Waals surface area contributed by atoms with Gasteiger partial charge in [-0.1, -0.05) is 48.5 Å². The van der Waals surface area contributed by atoms with Crippen LogP contribution in [-0.4, -0.2) is 62.6 Å². The second-order valence-electron chi connectivity index (χ2n) is 7.64. The molecule has 2 N–H and O–H groups in total. The number of phenols is 1. The number of likely N-dealkylation sites (N-methyl/N-ethyl adjacent to an activating group) is 1. The first-order chi connectivity index (χ1) is 14.1. The molecular formula is C23H26N2O4S. The predicted octanol–water partition coefficient (Wildman–Crippen LogP) is 3.78. The molecule has 0 atom stereocenters. The zero-order chi connectivity index (χ0) is 22.1. The third-order valence-electron chi connectivity index (χ3n) is 4.82. The Hall–Kier alpha value is -2.87. The van der Waals surface area contributed by atoms with Crippen LogP contribution in [0.4, 0.5) is 0 Å². The molecule has 3 rings (SSSR count). The van der Waals surface area contributed by atoms with Gasteiger partial charge in [0.25, 0.3) is 10.1 Å². The number of benzene rings is 3. The van der Waals surface area contributed by atoms with Crippen LogP contribution in [0.15, 0.2) is 65.6 Å². The van der Waals surface area contributed by atoms with Crippen LogP contribution in [0.25, 0.3) is 22.0 Å². The van der Waals surface area contributed by atoms with Crippen LogP contribution in [0.5, 0.6) is 5.75 Å². The Balaban J connectivity index is 2.45. The lowest BCUT2D eigenvalue weighted by Crippen LogP contribution is -2.21. The van der Waals surface area contributed by atoms with Crippen molar-refractivity contribution < 1.29 is 18.1 Å². The maximum atomic E-state index is 12.5. The number of fused-ring (bicyclic) bond motifs is 1. The van der Waals surface area contributed by atoms with Gasteiger partial charge >= 0.3 is 0 Å². The lowest BCUT2D eigenvalue weighted by atomic mass is 9.96. The zero-order valence-electron chi connectivity index (χ0n) is 17.5. The second kappa shape index (κ2) is 8.47. The van der Waals surface area contributed by atoms with Crippen LogP contribution < -0.4 is 0 Å². The molecule has 30 heavy (non-hydrogen) atoms. The van der Waals surface area contributed by atoms with E-state index in [2.05, 4.69) is 0 Å². The third kappa shape index (κ3) is 4.48. The normalized spacial score (nSPS) is 12.9. The van der Waals surface area contributed by atoms with E-state index in [-0.39, 0.29) is 10.6 Å². The Morgan fingerprint density at radius 2 is 1.53 bits per heavy atom. The van der Waals surface area contributed by atoms with E-state index in [0.29, 0.717) is 23.2 Å². The summed E-state index contributed by atoms with van der Waals surface area (Å²) in [4.78, 5) is 3.73. The third-order valence-corrected chi connectivity index (χ3v) is 5.77. The summed E-state index contributed by atoms with van der Waals surface area (Å²) in [7, 11) is 3.04. The molecule has 7 heteroatoms. The lowest BCUT2D eigenvalue weighted by molar-refractivity contribution is 0.460. The van der Waals surface area contributed by atoms with E-state index in [0.717, 1.165) is 16.5 Å². The molecule has 3 aromatic rings. The number of rotatable bonds is 6. The molecule has 0 unspecified atom stereocenters. The average Bonchev–Trinajstić information content (AvgIpc) is 2.66. The average molecular weight is 427 g/mol. The van der Waals surface area contributed by atoms with Crippen molar-refractivity contribution in [2.45, 2.75) is 4.90 Å². The highest BCUT2D eigenvalue weighted by molar-refractivity contribution is 7.86. The van der Waals surface area contributed by atoms with Gasteiger partial charge in [0.15, 0.2) is 0 Å². The van der Waals surface area contributed by atoms with E-state index in [1.807, 2.05) is 56.2 Å². The van der Waals surface area contributed by atoms with Gasteiger partial charge in [-0.3, -0.25) is 4.55 Å². The molecule has 0 bridgehead atoms. The van der Waals surface area contributed by atoms with E-state index in [4.69, 9.17) is 0 Å². The molecule has 0 aliphatic heterocycles. The van der Waals surface area contributed by atoms with Crippen molar-refractivity contribution in [3.63, 3.8) is 0 Å². The summed E-state index contributed by atoms with van der Waals surface area (Å²) in [6.07, 6.45) is 0. The van der Waals surface area contributed by atoms with Crippen molar-refractivity contribution >= 4 is 32.2 Å². The van der Waals surface area contributed by atoms with Gasteiger partial charge in [0, 0.05) is 31.6 Å². The van der Waals surface area contributed by atoms with Crippen molar-refractivity contribution in [2.24, 2.45) is 0 Å². The first-order valence-electron chi connectivity index (χ1n) is 9.44. The largest absolute Gasteiger partial charge is 0.508 e. The maximum Gasteiger partial charge on any atom is 0.295 e. The van der Waals surface area contributed by atoms with E-state index in [1.165, 1.54) is 0 Å². The summed E-state index contributed by atoms with van der Waals surface area (Å²) in [6.45, 7) is 0.524.